The molecule has 4 aromatic carbocycles. The van der Waals surface area contributed by atoms with Crippen LogP contribution < -0.4 is 10.6 Å². The Labute approximate surface area is 297 Å². The summed E-state index contributed by atoms with van der Waals surface area (Å²) in [5.74, 6) is -1.60. The third-order valence-corrected chi connectivity index (χ3v) is 12.8. The van der Waals surface area contributed by atoms with Gasteiger partial charge in [-0.05, 0) is 113 Å². The lowest BCUT2D eigenvalue weighted by Gasteiger charge is -2.24. The van der Waals surface area contributed by atoms with Crippen molar-refractivity contribution in [1.29, 1.82) is 0 Å². The molecule has 4 rings (SSSR count). The Morgan fingerprint density at radius 3 is 1.29 bits per heavy atom. The zero-order chi connectivity index (χ0) is 37.0. The molecule has 0 unspecified atom stereocenters. The average molecular weight is 778 g/mol. The van der Waals surface area contributed by atoms with E-state index in [2.05, 4.69) is 10.6 Å². The van der Waals surface area contributed by atoms with Crippen LogP contribution in [0, 0.1) is 0 Å². The monoisotopic (exact) mass is 776 g/mol. The fourth-order valence-electron chi connectivity index (χ4n) is 3.96. The van der Waals surface area contributed by atoms with Gasteiger partial charge in [-0.2, -0.15) is 13.2 Å². The molecule has 0 atom stereocenters. The van der Waals surface area contributed by atoms with E-state index in [1.165, 1.54) is 82.3 Å². The summed E-state index contributed by atoms with van der Waals surface area (Å²) >= 11 is 17.4. The minimum atomic E-state index is -4.58. The van der Waals surface area contributed by atoms with Gasteiger partial charge in [-0.1, -0.05) is 46.9 Å². The highest BCUT2D eigenvalue weighted by Crippen LogP contribution is 2.32. The van der Waals surface area contributed by atoms with Crippen molar-refractivity contribution in [3.05, 3.63) is 118 Å². The van der Waals surface area contributed by atoms with Crippen molar-refractivity contribution in [2.75, 3.05) is 10.6 Å². The summed E-state index contributed by atoms with van der Waals surface area (Å²) in [5, 5.41) is 6.02. The van der Waals surface area contributed by atoms with Crippen molar-refractivity contribution >= 4 is 77.7 Å². The molecule has 0 aliphatic carbocycles. The summed E-state index contributed by atoms with van der Waals surface area (Å²) in [4.78, 5) is 24.9. The van der Waals surface area contributed by atoms with Gasteiger partial charge in [0.15, 0.2) is 19.7 Å². The number of hydrogen-bond donors (Lipinski definition) is 2. The first-order chi connectivity index (χ1) is 22.5. The van der Waals surface area contributed by atoms with Gasteiger partial charge in [0.05, 0.1) is 15.4 Å². The highest BCUT2D eigenvalue weighted by atomic mass is 35.5. The van der Waals surface area contributed by atoms with Crippen LogP contribution in [-0.4, -0.2) is 38.1 Å². The number of benzene rings is 4. The molecule has 0 fully saturated rings. The van der Waals surface area contributed by atoms with E-state index in [4.69, 9.17) is 34.8 Å². The molecule has 0 radical (unpaired) electrons. The van der Waals surface area contributed by atoms with Gasteiger partial charge in [0.1, 0.15) is 9.49 Å². The minimum Gasteiger partial charge on any atom is -0.325 e. The molecular formula is C33H30Cl3F3N2O6S2. The van der Waals surface area contributed by atoms with Crippen LogP contribution in [0.3, 0.4) is 0 Å². The van der Waals surface area contributed by atoms with Gasteiger partial charge in [0.2, 0.25) is 11.8 Å². The molecule has 2 N–H and O–H groups in total. The summed E-state index contributed by atoms with van der Waals surface area (Å²) in [6.45, 7) is 5.08. The molecule has 0 bridgehead atoms. The van der Waals surface area contributed by atoms with Gasteiger partial charge < -0.3 is 10.6 Å². The molecule has 49 heavy (non-hydrogen) atoms. The Kier molecular flexibility index (Phi) is 12.3. The molecule has 4 aromatic rings. The zero-order valence-electron chi connectivity index (χ0n) is 26.3. The number of carbonyl (C=O) groups is 2. The fourth-order valence-corrected chi connectivity index (χ4v) is 7.16. The number of amides is 2. The third kappa shape index (κ3) is 9.34. The predicted molar refractivity (Wildman–Crippen MR) is 186 cm³/mol. The van der Waals surface area contributed by atoms with Crippen molar-refractivity contribution in [2.24, 2.45) is 0 Å². The molecule has 0 aliphatic heterocycles. The largest absolute Gasteiger partial charge is 0.416 e. The van der Waals surface area contributed by atoms with E-state index in [9.17, 15) is 39.6 Å². The Morgan fingerprint density at radius 2 is 0.918 bits per heavy atom. The lowest BCUT2D eigenvalue weighted by atomic mass is 10.1. The number of alkyl halides is 3. The molecule has 0 saturated heterocycles. The molecule has 0 spiro atoms. The van der Waals surface area contributed by atoms with E-state index in [-0.39, 0.29) is 15.5 Å². The van der Waals surface area contributed by atoms with E-state index in [1.54, 1.807) is 24.3 Å². The Morgan fingerprint density at radius 1 is 0.551 bits per heavy atom. The van der Waals surface area contributed by atoms with Gasteiger partial charge in [0, 0.05) is 26.4 Å². The van der Waals surface area contributed by atoms with Gasteiger partial charge in [0.25, 0.3) is 0 Å². The summed E-state index contributed by atoms with van der Waals surface area (Å²) in [6, 6.07) is 21.4. The molecule has 8 nitrogen and oxygen atoms in total. The number of hydrogen-bond acceptors (Lipinski definition) is 6. The lowest BCUT2D eigenvalue weighted by Crippen LogP contribution is -2.44. The van der Waals surface area contributed by atoms with Crippen LogP contribution in [0.15, 0.2) is 107 Å². The standard InChI is InChI=1S/C17H15ClF3NO3S.C16H15Cl2NO3S/c1-16(2,26(24,25)14-8-6-12(18)7-9-14)15(23)22-13-5-3-4-11(10-13)17(19,20)21;1-16(2,15(20)19-13-5-3-4-12(18)10-13)23(21,22)14-8-6-11(17)7-9-14/h3-10H,1-2H3,(H,22,23);3-10H,1-2H3,(H,19,20). The number of nitrogens with one attached hydrogen (secondary N) is 2. The highest BCUT2D eigenvalue weighted by Gasteiger charge is 2.44. The van der Waals surface area contributed by atoms with Crippen LogP contribution in [0.2, 0.25) is 15.1 Å². The van der Waals surface area contributed by atoms with Crippen molar-refractivity contribution < 1.29 is 39.6 Å². The average Bonchev–Trinajstić information content (AvgIpc) is 3.01. The smallest absolute Gasteiger partial charge is 0.325 e. The van der Waals surface area contributed by atoms with Gasteiger partial charge in [-0.3, -0.25) is 9.59 Å². The maximum atomic E-state index is 12.8. The summed E-state index contributed by atoms with van der Waals surface area (Å²) in [7, 11) is -7.99. The van der Waals surface area contributed by atoms with E-state index in [0.29, 0.717) is 20.8 Å². The Hall–Kier alpha value is -3.62. The van der Waals surface area contributed by atoms with Crippen molar-refractivity contribution in [1.82, 2.24) is 0 Å². The predicted octanol–water partition coefficient (Wildman–Crippen LogP) is 8.73. The molecule has 0 aliphatic rings. The molecule has 0 aromatic heterocycles. The summed E-state index contributed by atoms with van der Waals surface area (Å²) < 4.78 is 85.7. The Bertz CT molecular complexity index is 2050. The lowest BCUT2D eigenvalue weighted by molar-refractivity contribution is -0.137. The highest BCUT2D eigenvalue weighted by molar-refractivity contribution is 7.94. The van der Waals surface area contributed by atoms with Gasteiger partial charge >= 0.3 is 6.18 Å². The molecule has 2 amide bonds. The van der Waals surface area contributed by atoms with Gasteiger partial charge in [-0.15, -0.1) is 0 Å². The van der Waals surface area contributed by atoms with Crippen LogP contribution in [0.5, 0.6) is 0 Å². The summed E-state index contributed by atoms with van der Waals surface area (Å²) in [5.41, 5.74) is -0.667. The second kappa shape index (κ2) is 15.1. The van der Waals surface area contributed by atoms with Crippen LogP contribution in [0.1, 0.15) is 33.3 Å². The molecule has 0 saturated carbocycles. The number of rotatable bonds is 8. The summed E-state index contributed by atoms with van der Waals surface area (Å²) in [6.07, 6.45) is -4.58. The van der Waals surface area contributed by atoms with Crippen LogP contribution in [-0.2, 0) is 35.4 Å². The normalized spacial score (nSPS) is 12.4. The second-order valence-corrected chi connectivity index (χ2v) is 17.7. The quantitative estimate of drug-likeness (QED) is 0.184. The van der Waals surface area contributed by atoms with Crippen LogP contribution in [0.25, 0.3) is 0 Å². The topological polar surface area (TPSA) is 126 Å². The van der Waals surface area contributed by atoms with E-state index in [1.807, 2.05) is 0 Å². The third-order valence-electron chi connectivity index (χ3n) is 7.22. The maximum Gasteiger partial charge on any atom is 0.416 e. The minimum absolute atomic E-state index is 0.0353. The number of halogens is 6. The van der Waals surface area contributed by atoms with Crippen molar-refractivity contribution in [3.8, 4) is 0 Å². The van der Waals surface area contributed by atoms with Crippen molar-refractivity contribution in [3.63, 3.8) is 0 Å². The Balaban J connectivity index is 0.000000267. The first kappa shape index (κ1) is 39.8. The second-order valence-electron chi connectivity index (χ2n) is 11.4. The maximum absolute atomic E-state index is 12.8. The molecule has 0 heterocycles. The molecule has 262 valence electrons. The van der Waals surface area contributed by atoms with Crippen molar-refractivity contribution in [2.45, 2.75) is 53.2 Å². The molecular weight excluding hydrogens is 748 g/mol. The number of carbonyl (C=O) groups excluding carboxylic acids is 2. The van der Waals surface area contributed by atoms with E-state index >= 15 is 0 Å². The van der Waals surface area contributed by atoms with Gasteiger partial charge in [-0.25, -0.2) is 16.8 Å². The number of anilines is 2. The first-order valence-electron chi connectivity index (χ1n) is 14.1. The fraction of sp³-hybridized carbons (Fsp3) is 0.212. The van der Waals surface area contributed by atoms with Crippen LogP contribution in [0.4, 0.5) is 24.5 Å². The number of sulfone groups is 2. The zero-order valence-corrected chi connectivity index (χ0v) is 30.2. The first-order valence-corrected chi connectivity index (χ1v) is 18.2. The van der Waals surface area contributed by atoms with E-state index < -0.39 is 52.7 Å². The SMILES string of the molecule is CC(C)(C(=O)Nc1cccc(C(F)(F)F)c1)S(=O)(=O)c1ccc(Cl)cc1.CC(C)(C(=O)Nc1cccc(Cl)c1)S(=O)(=O)c1ccc(Cl)cc1. The van der Waals surface area contributed by atoms with E-state index in [0.717, 1.165) is 18.2 Å². The molecule has 16 heteroatoms. The van der Waals surface area contributed by atoms with Crippen LogP contribution >= 0.6 is 34.8 Å².